The molecule has 0 amide bonds. The second kappa shape index (κ2) is 7.21. The fourth-order valence-electron chi connectivity index (χ4n) is 6.50. The fourth-order valence-corrected chi connectivity index (χ4v) is 7.06. The summed E-state index contributed by atoms with van der Waals surface area (Å²) in [7, 11) is -3.59. The quantitative estimate of drug-likeness (QED) is 0.577. The number of sulfonamides is 1. The molecule has 0 saturated heterocycles. The number of anilines is 1. The van der Waals surface area contributed by atoms with E-state index in [1.807, 2.05) is 0 Å². The molecule has 2 heterocycles. The van der Waals surface area contributed by atoms with Gasteiger partial charge in [0, 0.05) is 57.5 Å². The number of fused-ring (bicyclic) bond motifs is 1. The summed E-state index contributed by atoms with van der Waals surface area (Å²) in [5.41, 5.74) is 0.0810. The van der Waals surface area contributed by atoms with Crippen molar-refractivity contribution in [2.24, 2.45) is 24.7 Å². The van der Waals surface area contributed by atoms with Crippen molar-refractivity contribution < 1.29 is 22.1 Å². The van der Waals surface area contributed by atoms with Gasteiger partial charge in [-0.05, 0) is 62.3 Å². The van der Waals surface area contributed by atoms with E-state index in [9.17, 15) is 18.0 Å². The number of Topliss-reactive ketones (excluding diaryl/α,β-unsaturated/α-hetero) is 1. The van der Waals surface area contributed by atoms with Crippen molar-refractivity contribution in [2.45, 2.75) is 37.7 Å². The van der Waals surface area contributed by atoms with Gasteiger partial charge in [-0.3, -0.25) is 14.3 Å². The van der Waals surface area contributed by atoms with E-state index in [2.05, 4.69) is 9.71 Å². The van der Waals surface area contributed by atoms with Crippen LogP contribution < -0.4 is 15.0 Å². The predicted molar refractivity (Wildman–Crippen MR) is 129 cm³/mol. The number of hydrogen-bond donors (Lipinski definition) is 2. The van der Waals surface area contributed by atoms with Gasteiger partial charge in [0.1, 0.15) is 22.7 Å². The molecule has 4 bridgehead atoms. The van der Waals surface area contributed by atoms with E-state index in [0.717, 1.165) is 25.5 Å². The molecule has 4 fully saturated rings. The lowest BCUT2D eigenvalue weighted by atomic mass is 9.53. The lowest BCUT2D eigenvalue weighted by Gasteiger charge is -2.55. The zero-order valence-corrected chi connectivity index (χ0v) is 19.4. The molecule has 0 spiro atoms. The maximum atomic E-state index is 12.9. The summed E-state index contributed by atoms with van der Waals surface area (Å²) in [5, 5.41) is 0.493. The van der Waals surface area contributed by atoms with Crippen LogP contribution in [0.5, 0.6) is 5.75 Å². The number of carbonyl (C=O) groups is 1. The van der Waals surface area contributed by atoms with Gasteiger partial charge in [-0.15, -0.1) is 0 Å². The van der Waals surface area contributed by atoms with Gasteiger partial charge in [-0.25, -0.2) is 8.42 Å². The number of aromatic amines is 1. The molecule has 0 aliphatic heterocycles. The zero-order valence-electron chi connectivity index (χ0n) is 21.6. The van der Waals surface area contributed by atoms with Crippen LogP contribution in [-0.4, -0.2) is 35.6 Å². The SMILES string of the molecule is [2H]C([2H])([2H])n1cc(-c2cc(NS(C)(=O)=O)ccc2OC23CC4CC(C2)C(=O)C(C4)C3)c2cc[nH]c2c1=O. The summed E-state index contributed by atoms with van der Waals surface area (Å²) in [5.74, 6) is 1.21. The molecule has 9 heteroatoms. The molecule has 4 aliphatic carbocycles. The van der Waals surface area contributed by atoms with Crippen LogP contribution in [0, 0.1) is 17.8 Å². The highest BCUT2D eigenvalue weighted by Crippen LogP contribution is 2.56. The van der Waals surface area contributed by atoms with Crippen molar-refractivity contribution in [2.75, 3.05) is 11.0 Å². The lowest BCUT2D eigenvalue weighted by Crippen LogP contribution is -2.57. The first-order chi connectivity index (χ1) is 17.3. The number of carbonyl (C=O) groups excluding carboxylic acids is 1. The molecule has 3 aromatic rings. The van der Waals surface area contributed by atoms with Crippen molar-refractivity contribution in [3.8, 4) is 16.9 Å². The smallest absolute Gasteiger partial charge is 0.274 e. The molecule has 0 radical (unpaired) electrons. The third-order valence-corrected chi connectivity index (χ3v) is 8.17. The number of H-pyrrole nitrogens is 1. The summed E-state index contributed by atoms with van der Waals surface area (Å²) >= 11 is 0. The van der Waals surface area contributed by atoms with E-state index in [0.29, 0.717) is 51.4 Å². The molecule has 4 saturated carbocycles. The Hall–Kier alpha value is -3.07. The second-order valence-corrected chi connectivity index (χ2v) is 11.8. The molecular formula is C25H27N3O5S. The topological polar surface area (TPSA) is 110 Å². The molecule has 4 aliphatic rings. The normalized spacial score (nSPS) is 29.6. The average molecular weight is 485 g/mol. The zero-order chi connectivity index (χ0) is 26.3. The van der Waals surface area contributed by atoms with Gasteiger partial charge in [0.25, 0.3) is 5.56 Å². The monoisotopic (exact) mass is 484 g/mol. The summed E-state index contributed by atoms with van der Waals surface area (Å²) in [6.07, 6.45) is 7.79. The molecule has 2 N–H and O–H groups in total. The minimum Gasteiger partial charge on any atom is -0.487 e. The van der Waals surface area contributed by atoms with Crippen molar-refractivity contribution in [3.05, 3.63) is 47.0 Å². The molecule has 2 aromatic heterocycles. The maximum absolute atomic E-state index is 12.9. The minimum atomic E-state index is -3.59. The number of nitrogens with zero attached hydrogens (tertiary/aromatic N) is 1. The van der Waals surface area contributed by atoms with Gasteiger partial charge in [-0.2, -0.15) is 0 Å². The fraction of sp³-hybridized carbons (Fsp3) is 0.440. The standard InChI is InChI=1S/C25H27N3O5S/c1-28-13-20(18-5-6-26-22(18)24(28)30)19-9-17(27-34(2,31)32)3-4-21(19)33-25-10-14-7-15(11-25)23(29)16(8-14)12-25/h3-6,9,13-16,26-27H,7-8,10-12H2,1-2H3/i1D3. The highest BCUT2D eigenvalue weighted by Gasteiger charge is 2.56. The van der Waals surface area contributed by atoms with Gasteiger partial charge in [0.05, 0.1) is 6.26 Å². The molecular weight excluding hydrogens is 454 g/mol. The minimum absolute atomic E-state index is 0.00489. The number of hydrogen-bond acceptors (Lipinski definition) is 5. The number of benzene rings is 1. The van der Waals surface area contributed by atoms with Crippen molar-refractivity contribution in [1.82, 2.24) is 9.55 Å². The molecule has 7 rings (SSSR count). The highest BCUT2D eigenvalue weighted by molar-refractivity contribution is 7.92. The average Bonchev–Trinajstić information content (AvgIpc) is 3.27. The van der Waals surface area contributed by atoms with E-state index >= 15 is 0 Å². The number of pyridine rings is 1. The number of aromatic nitrogens is 2. The van der Waals surface area contributed by atoms with Crippen LogP contribution in [0.4, 0.5) is 5.69 Å². The van der Waals surface area contributed by atoms with Crippen LogP contribution >= 0.6 is 0 Å². The van der Waals surface area contributed by atoms with Gasteiger partial charge < -0.3 is 14.3 Å². The van der Waals surface area contributed by atoms with Gasteiger partial charge in [-0.1, -0.05) is 0 Å². The Kier molecular flexibility index (Phi) is 3.88. The maximum Gasteiger partial charge on any atom is 0.274 e. The number of ketones is 1. The Labute approximate surface area is 201 Å². The third-order valence-electron chi connectivity index (χ3n) is 7.57. The van der Waals surface area contributed by atoms with E-state index in [4.69, 9.17) is 8.85 Å². The molecule has 34 heavy (non-hydrogen) atoms. The number of aryl methyl sites for hydroxylation is 1. The molecule has 2 atom stereocenters. The Balaban J connectivity index is 1.53. The molecule has 8 nitrogen and oxygen atoms in total. The first-order valence-corrected chi connectivity index (χ1v) is 13.3. The first-order valence-electron chi connectivity index (χ1n) is 12.9. The predicted octanol–water partition coefficient (Wildman–Crippen LogP) is 3.43. The number of nitrogens with one attached hydrogen (secondary N) is 2. The summed E-state index contributed by atoms with van der Waals surface area (Å²) < 4.78 is 57.5. The first kappa shape index (κ1) is 18.3. The van der Waals surface area contributed by atoms with Gasteiger partial charge in [0.2, 0.25) is 10.0 Å². The summed E-state index contributed by atoms with van der Waals surface area (Å²) in [6, 6.07) is 6.55. The summed E-state index contributed by atoms with van der Waals surface area (Å²) in [4.78, 5) is 28.5. The van der Waals surface area contributed by atoms with Crippen LogP contribution in [0.15, 0.2) is 41.5 Å². The Bertz CT molecular complexity index is 1590. The van der Waals surface area contributed by atoms with Crippen LogP contribution in [0.3, 0.4) is 0 Å². The van der Waals surface area contributed by atoms with E-state index in [1.165, 1.54) is 6.20 Å². The second-order valence-electron chi connectivity index (χ2n) is 10.1. The molecule has 2 unspecified atom stereocenters. The van der Waals surface area contributed by atoms with Crippen LogP contribution in [0.25, 0.3) is 22.0 Å². The Morgan fingerprint density at radius 3 is 2.62 bits per heavy atom. The lowest BCUT2D eigenvalue weighted by molar-refractivity contribution is -0.156. The number of ether oxygens (including phenoxy) is 1. The van der Waals surface area contributed by atoms with Crippen LogP contribution in [-0.2, 0) is 21.8 Å². The van der Waals surface area contributed by atoms with Crippen molar-refractivity contribution in [3.63, 3.8) is 0 Å². The number of rotatable bonds is 5. The summed E-state index contributed by atoms with van der Waals surface area (Å²) in [6.45, 7) is -2.73. The van der Waals surface area contributed by atoms with Gasteiger partial charge >= 0.3 is 0 Å². The van der Waals surface area contributed by atoms with E-state index in [-0.39, 0.29) is 23.0 Å². The molecule has 1 aromatic carbocycles. The Morgan fingerprint density at radius 1 is 1.15 bits per heavy atom. The largest absolute Gasteiger partial charge is 0.487 e. The Morgan fingerprint density at radius 2 is 1.91 bits per heavy atom. The van der Waals surface area contributed by atoms with Crippen LogP contribution in [0.1, 0.15) is 36.2 Å². The van der Waals surface area contributed by atoms with Crippen molar-refractivity contribution in [1.29, 1.82) is 0 Å². The van der Waals surface area contributed by atoms with E-state index in [1.54, 1.807) is 30.5 Å². The highest BCUT2D eigenvalue weighted by atomic mass is 32.2. The third kappa shape index (κ3) is 3.45. The molecule has 178 valence electrons. The van der Waals surface area contributed by atoms with Crippen LogP contribution in [0.2, 0.25) is 0 Å². The van der Waals surface area contributed by atoms with Crippen molar-refractivity contribution >= 4 is 32.4 Å². The van der Waals surface area contributed by atoms with Gasteiger partial charge in [0.15, 0.2) is 0 Å². The van der Waals surface area contributed by atoms with E-state index < -0.39 is 28.2 Å².